The SMILES string of the molecule is CC(C)C(C)N(C1CC1)S(=O)(=O)N1CCc2ccccc2C1. The van der Waals surface area contributed by atoms with Gasteiger partial charge in [0.2, 0.25) is 0 Å². The second-order valence-electron chi connectivity index (χ2n) is 6.91. The summed E-state index contributed by atoms with van der Waals surface area (Å²) in [5.74, 6) is 0.326. The molecule has 1 fully saturated rings. The number of nitrogens with zero attached hydrogens (tertiary/aromatic N) is 2. The molecule has 1 heterocycles. The molecule has 1 aromatic rings. The van der Waals surface area contributed by atoms with E-state index in [-0.39, 0.29) is 12.1 Å². The van der Waals surface area contributed by atoms with Crippen molar-refractivity contribution in [1.82, 2.24) is 8.61 Å². The third kappa shape index (κ3) is 2.94. The second-order valence-corrected chi connectivity index (χ2v) is 8.74. The van der Waals surface area contributed by atoms with Crippen LogP contribution in [0.15, 0.2) is 24.3 Å². The van der Waals surface area contributed by atoms with Crippen molar-refractivity contribution in [2.45, 2.75) is 58.7 Å². The molecule has 5 heteroatoms. The fourth-order valence-corrected chi connectivity index (χ4v) is 5.30. The summed E-state index contributed by atoms with van der Waals surface area (Å²) in [5.41, 5.74) is 2.43. The highest BCUT2D eigenvalue weighted by atomic mass is 32.2. The van der Waals surface area contributed by atoms with Crippen LogP contribution in [-0.4, -0.2) is 35.7 Å². The first-order chi connectivity index (χ1) is 10.4. The first-order valence-electron chi connectivity index (χ1n) is 8.26. The van der Waals surface area contributed by atoms with E-state index in [1.54, 1.807) is 8.61 Å². The summed E-state index contributed by atoms with van der Waals surface area (Å²) in [6.45, 7) is 7.33. The van der Waals surface area contributed by atoms with Gasteiger partial charge in [-0.2, -0.15) is 17.0 Å². The molecule has 2 aliphatic rings. The molecule has 0 aromatic heterocycles. The Hall–Kier alpha value is -0.910. The average Bonchev–Trinajstić information content (AvgIpc) is 3.31. The molecule has 0 bridgehead atoms. The number of hydrogen-bond acceptors (Lipinski definition) is 2. The van der Waals surface area contributed by atoms with Gasteiger partial charge in [0.25, 0.3) is 10.2 Å². The summed E-state index contributed by atoms with van der Waals surface area (Å²) in [6.07, 6.45) is 2.81. The van der Waals surface area contributed by atoms with Gasteiger partial charge in [0, 0.05) is 25.2 Å². The highest BCUT2D eigenvalue weighted by molar-refractivity contribution is 7.86. The van der Waals surface area contributed by atoms with Gasteiger partial charge in [0.1, 0.15) is 0 Å². The lowest BCUT2D eigenvalue weighted by atomic mass is 10.0. The minimum absolute atomic E-state index is 0.0506. The lowest BCUT2D eigenvalue weighted by Gasteiger charge is -2.37. The number of rotatable bonds is 5. The fraction of sp³-hybridized carbons (Fsp3) is 0.647. The Morgan fingerprint density at radius 1 is 1.14 bits per heavy atom. The summed E-state index contributed by atoms with van der Waals surface area (Å²) < 4.78 is 29.8. The molecule has 1 saturated carbocycles. The van der Waals surface area contributed by atoms with Crippen LogP contribution in [0.25, 0.3) is 0 Å². The lowest BCUT2D eigenvalue weighted by molar-refractivity contribution is 0.240. The molecule has 1 aliphatic carbocycles. The Morgan fingerprint density at radius 2 is 1.77 bits per heavy atom. The van der Waals surface area contributed by atoms with E-state index >= 15 is 0 Å². The van der Waals surface area contributed by atoms with E-state index in [1.165, 1.54) is 5.56 Å². The second kappa shape index (κ2) is 5.95. The molecule has 3 rings (SSSR count). The monoisotopic (exact) mass is 322 g/mol. The van der Waals surface area contributed by atoms with Gasteiger partial charge in [-0.15, -0.1) is 0 Å². The van der Waals surface area contributed by atoms with Crippen LogP contribution in [0, 0.1) is 5.92 Å². The molecular formula is C17H26N2O2S. The molecule has 4 nitrogen and oxygen atoms in total. The standard InChI is InChI=1S/C17H26N2O2S/c1-13(2)14(3)19(17-8-9-17)22(20,21)18-11-10-15-6-4-5-7-16(15)12-18/h4-7,13-14,17H,8-12H2,1-3H3. The van der Waals surface area contributed by atoms with Crippen LogP contribution in [0.1, 0.15) is 44.7 Å². The van der Waals surface area contributed by atoms with E-state index in [0.717, 1.165) is 24.8 Å². The Kier molecular flexibility index (Phi) is 4.32. The lowest BCUT2D eigenvalue weighted by Crippen LogP contribution is -2.51. The van der Waals surface area contributed by atoms with Crippen molar-refractivity contribution < 1.29 is 8.42 Å². The van der Waals surface area contributed by atoms with Gasteiger partial charge in [-0.3, -0.25) is 0 Å². The summed E-state index contributed by atoms with van der Waals surface area (Å²) >= 11 is 0. The smallest absolute Gasteiger partial charge is 0.195 e. The van der Waals surface area contributed by atoms with Crippen LogP contribution < -0.4 is 0 Å². The summed E-state index contributed by atoms with van der Waals surface area (Å²) in [6, 6.07) is 8.43. The van der Waals surface area contributed by atoms with Crippen molar-refractivity contribution in [3.63, 3.8) is 0 Å². The highest BCUT2D eigenvalue weighted by Crippen LogP contribution is 2.35. The van der Waals surface area contributed by atoms with Gasteiger partial charge in [0.05, 0.1) is 0 Å². The fourth-order valence-electron chi connectivity index (χ4n) is 3.15. The van der Waals surface area contributed by atoms with Crippen LogP contribution in [-0.2, 0) is 23.2 Å². The van der Waals surface area contributed by atoms with Crippen molar-refractivity contribution in [1.29, 1.82) is 0 Å². The average molecular weight is 322 g/mol. The van der Waals surface area contributed by atoms with Crippen molar-refractivity contribution in [3.8, 4) is 0 Å². The normalized spacial score (nSPS) is 21.1. The molecule has 1 aliphatic heterocycles. The zero-order valence-electron chi connectivity index (χ0n) is 13.7. The largest absolute Gasteiger partial charge is 0.282 e. The topological polar surface area (TPSA) is 40.6 Å². The maximum Gasteiger partial charge on any atom is 0.282 e. The molecule has 22 heavy (non-hydrogen) atoms. The van der Waals surface area contributed by atoms with Crippen LogP contribution in [0.4, 0.5) is 0 Å². The summed E-state index contributed by atoms with van der Waals surface area (Å²) in [5, 5.41) is 0. The summed E-state index contributed by atoms with van der Waals surface area (Å²) in [7, 11) is -3.38. The Labute approximate surface area is 134 Å². The van der Waals surface area contributed by atoms with E-state index in [0.29, 0.717) is 19.0 Å². The van der Waals surface area contributed by atoms with Gasteiger partial charge in [0.15, 0.2) is 0 Å². The van der Waals surface area contributed by atoms with Gasteiger partial charge in [-0.1, -0.05) is 38.1 Å². The number of hydrogen-bond donors (Lipinski definition) is 0. The van der Waals surface area contributed by atoms with Crippen molar-refractivity contribution in [3.05, 3.63) is 35.4 Å². The van der Waals surface area contributed by atoms with E-state index < -0.39 is 10.2 Å². The molecule has 0 N–H and O–H groups in total. The van der Waals surface area contributed by atoms with Crippen LogP contribution in [0.5, 0.6) is 0 Å². The van der Waals surface area contributed by atoms with E-state index in [4.69, 9.17) is 0 Å². The molecule has 1 atom stereocenters. The molecule has 0 saturated heterocycles. The number of fused-ring (bicyclic) bond motifs is 1. The zero-order valence-corrected chi connectivity index (χ0v) is 14.5. The third-order valence-electron chi connectivity index (χ3n) is 4.96. The Morgan fingerprint density at radius 3 is 2.36 bits per heavy atom. The Bertz CT molecular complexity index is 638. The maximum absolute atomic E-state index is 13.2. The minimum Gasteiger partial charge on any atom is -0.195 e. The third-order valence-corrected chi connectivity index (χ3v) is 7.09. The van der Waals surface area contributed by atoms with Crippen LogP contribution >= 0.6 is 0 Å². The van der Waals surface area contributed by atoms with Gasteiger partial charge >= 0.3 is 0 Å². The quantitative estimate of drug-likeness (QED) is 0.836. The van der Waals surface area contributed by atoms with Crippen molar-refractivity contribution in [2.75, 3.05) is 6.54 Å². The van der Waals surface area contributed by atoms with Crippen molar-refractivity contribution >= 4 is 10.2 Å². The molecular weight excluding hydrogens is 296 g/mol. The maximum atomic E-state index is 13.2. The van der Waals surface area contributed by atoms with E-state index in [9.17, 15) is 8.42 Å². The van der Waals surface area contributed by atoms with Gasteiger partial charge in [-0.05, 0) is 43.2 Å². The van der Waals surface area contributed by atoms with Crippen LogP contribution in [0.3, 0.4) is 0 Å². The summed E-state index contributed by atoms with van der Waals surface area (Å²) in [4.78, 5) is 0. The minimum atomic E-state index is -3.38. The van der Waals surface area contributed by atoms with E-state index in [1.807, 2.05) is 25.1 Å². The molecule has 122 valence electrons. The predicted octanol–water partition coefficient (Wildman–Crippen LogP) is 2.80. The van der Waals surface area contributed by atoms with Gasteiger partial charge < -0.3 is 0 Å². The zero-order chi connectivity index (χ0) is 15.9. The van der Waals surface area contributed by atoms with Crippen molar-refractivity contribution in [2.24, 2.45) is 5.92 Å². The first-order valence-corrected chi connectivity index (χ1v) is 9.66. The Balaban J connectivity index is 1.86. The predicted molar refractivity (Wildman–Crippen MR) is 88.6 cm³/mol. The van der Waals surface area contributed by atoms with Crippen LogP contribution in [0.2, 0.25) is 0 Å². The molecule has 0 amide bonds. The molecule has 1 aromatic carbocycles. The number of benzene rings is 1. The van der Waals surface area contributed by atoms with Gasteiger partial charge in [-0.25, -0.2) is 0 Å². The molecule has 0 spiro atoms. The molecule has 1 unspecified atom stereocenters. The van der Waals surface area contributed by atoms with E-state index in [2.05, 4.69) is 19.9 Å². The highest BCUT2D eigenvalue weighted by Gasteiger charge is 2.44. The molecule has 0 radical (unpaired) electrons. The first kappa shape index (κ1) is 16.0.